The lowest BCUT2D eigenvalue weighted by molar-refractivity contribution is -0.118. The lowest BCUT2D eigenvalue weighted by Gasteiger charge is -2.10. The van der Waals surface area contributed by atoms with E-state index in [4.69, 9.17) is 0 Å². The minimum absolute atomic E-state index is 0.161. The monoisotopic (exact) mass is 505 g/mol. The van der Waals surface area contributed by atoms with Crippen molar-refractivity contribution in [2.75, 3.05) is 5.75 Å². The number of halogens is 1. The first-order valence-corrected chi connectivity index (χ1v) is 11.7. The van der Waals surface area contributed by atoms with Crippen LogP contribution < -0.4 is 5.43 Å². The zero-order chi connectivity index (χ0) is 22.3. The number of nitrogens with zero attached hydrogens (tertiary/aromatic N) is 4. The average Bonchev–Trinajstić information content (AvgIpc) is 3.23. The molecule has 0 saturated heterocycles. The molecule has 4 rings (SSSR count). The van der Waals surface area contributed by atoms with Crippen LogP contribution in [-0.4, -0.2) is 32.6 Å². The van der Waals surface area contributed by atoms with Gasteiger partial charge in [-0.3, -0.25) is 9.36 Å². The van der Waals surface area contributed by atoms with Crippen molar-refractivity contribution in [1.82, 2.24) is 20.2 Å². The second kappa shape index (κ2) is 10.4. The van der Waals surface area contributed by atoms with E-state index < -0.39 is 0 Å². The van der Waals surface area contributed by atoms with Crippen LogP contribution in [0.5, 0.6) is 0 Å². The first kappa shape index (κ1) is 22.0. The third-order valence-corrected chi connectivity index (χ3v) is 5.96. The van der Waals surface area contributed by atoms with E-state index in [-0.39, 0.29) is 11.7 Å². The molecule has 4 aromatic rings. The number of benzene rings is 3. The van der Waals surface area contributed by atoms with Gasteiger partial charge in [0.15, 0.2) is 11.0 Å². The summed E-state index contributed by atoms with van der Waals surface area (Å²) in [6.45, 7) is 2.05. The number of nitrogens with one attached hydrogen (secondary N) is 1. The maximum Gasteiger partial charge on any atom is 0.250 e. The van der Waals surface area contributed by atoms with Gasteiger partial charge in [0.25, 0.3) is 5.91 Å². The minimum atomic E-state index is -0.222. The number of hydrogen-bond acceptors (Lipinski definition) is 5. The van der Waals surface area contributed by atoms with Crippen LogP contribution >= 0.6 is 27.7 Å². The predicted octanol–water partition coefficient (Wildman–Crippen LogP) is 5.25. The molecule has 0 saturated carbocycles. The molecule has 0 aliphatic carbocycles. The number of aryl methyl sites for hydroxylation is 1. The molecule has 3 aromatic carbocycles. The van der Waals surface area contributed by atoms with Gasteiger partial charge in [0.05, 0.1) is 12.0 Å². The van der Waals surface area contributed by atoms with Gasteiger partial charge in [0.2, 0.25) is 0 Å². The van der Waals surface area contributed by atoms with Gasteiger partial charge in [0.1, 0.15) is 0 Å². The number of hydrazone groups is 1. The summed E-state index contributed by atoms with van der Waals surface area (Å²) in [7, 11) is 0. The van der Waals surface area contributed by atoms with Gasteiger partial charge >= 0.3 is 0 Å². The summed E-state index contributed by atoms with van der Waals surface area (Å²) in [6.07, 6.45) is 1.61. The maximum atomic E-state index is 12.3. The molecular weight excluding hydrogens is 486 g/mol. The molecule has 6 nitrogen and oxygen atoms in total. The highest BCUT2D eigenvalue weighted by Crippen LogP contribution is 2.28. The Morgan fingerprint density at radius 1 is 1.06 bits per heavy atom. The van der Waals surface area contributed by atoms with Crippen LogP contribution in [0.25, 0.3) is 17.1 Å². The van der Waals surface area contributed by atoms with Crippen molar-refractivity contribution in [3.05, 3.63) is 94.5 Å². The summed E-state index contributed by atoms with van der Waals surface area (Å²) in [5.74, 6) is 0.668. The molecule has 1 amide bonds. The van der Waals surface area contributed by atoms with Crippen LogP contribution in [-0.2, 0) is 4.79 Å². The second-order valence-electron chi connectivity index (χ2n) is 6.98. The lowest BCUT2D eigenvalue weighted by Crippen LogP contribution is -2.20. The highest BCUT2D eigenvalue weighted by Gasteiger charge is 2.17. The van der Waals surface area contributed by atoms with Gasteiger partial charge in [0, 0.05) is 15.7 Å². The molecule has 1 aromatic heterocycles. The Morgan fingerprint density at radius 2 is 1.84 bits per heavy atom. The SMILES string of the molecule is Cc1ccc(-c2nnc(SCC(=O)NN=Cc3cccc(Br)c3)n2-c2ccccc2)cc1. The second-order valence-corrected chi connectivity index (χ2v) is 8.84. The average molecular weight is 506 g/mol. The summed E-state index contributed by atoms with van der Waals surface area (Å²) in [5, 5.41) is 13.4. The zero-order valence-corrected chi connectivity index (χ0v) is 19.7. The van der Waals surface area contributed by atoms with E-state index in [2.05, 4.69) is 36.7 Å². The number of para-hydroxylation sites is 1. The minimum Gasteiger partial charge on any atom is -0.272 e. The van der Waals surface area contributed by atoms with Crippen molar-refractivity contribution in [2.24, 2.45) is 5.10 Å². The van der Waals surface area contributed by atoms with Crippen LogP contribution in [0.2, 0.25) is 0 Å². The molecule has 160 valence electrons. The van der Waals surface area contributed by atoms with Gasteiger partial charge in [-0.2, -0.15) is 5.10 Å². The van der Waals surface area contributed by atoms with E-state index in [0.29, 0.717) is 5.16 Å². The number of carbonyl (C=O) groups excluding carboxylic acids is 1. The molecule has 0 spiro atoms. The van der Waals surface area contributed by atoms with Crippen molar-refractivity contribution in [2.45, 2.75) is 12.1 Å². The van der Waals surface area contributed by atoms with E-state index in [1.165, 1.54) is 17.3 Å². The largest absolute Gasteiger partial charge is 0.272 e. The quantitative estimate of drug-likeness (QED) is 0.211. The fourth-order valence-corrected chi connectivity index (χ4v) is 4.15. The number of carbonyl (C=O) groups is 1. The summed E-state index contributed by atoms with van der Waals surface area (Å²) in [4.78, 5) is 12.3. The summed E-state index contributed by atoms with van der Waals surface area (Å²) in [5.41, 5.74) is 6.52. The number of hydrogen-bond donors (Lipinski definition) is 1. The van der Waals surface area contributed by atoms with Crippen molar-refractivity contribution in [3.63, 3.8) is 0 Å². The summed E-state index contributed by atoms with van der Waals surface area (Å²) >= 11 is 4.73. The third-order valence-electron chi connectivity index (χ3n) is 4.54. The molecule has 1 N–H and O–H groups in total. The zero-order valence-electron chi connectivity index (χ0n) is 17.3. The number of thioether (sulfide) groups is 1. The van der Waals surface area contributed by atoms with Gasteiger partial charge in [-0.25, -0.2) is 5.43 Å². The molecule has 0 bridgehead atoms. The molecule has 0 fully saturated rings. The van der Waals surface area contributed by atoms with E-state index in [1.54, 1.807) is 6.21 Å². The summed E-state index contributed by atoms with van der Waals surface area (Å²) in [6, 6.07) is 25.7. The van der Waals surface area contributed by atoms with E-state index in [0.717, 1.165) is 27.1 Å². The molecule has 32 heavy (non-hydrogen) atoms. The van der Waals surface area contributed by atoms with Crippen LogP contribution in [0.4, 0.5) is 0 Å². The number of amides is 1. The highest BCUT2D eigenvalue weighted by molar-refractivity contribution is 9.10. The molecule has 0 radical (unpaired) electrons. The molecule has 0 unspecified atom stereocenters. The van der Waals surface area contributed by atoms with Crippen LogP contribution in [0.15, 0.2) is 93.6 Å². The number of rotatable bonds is 7. The fourth-order valence-electron chi connectivity index (χ4n) is 2.99. The topological polar surface area (TPSA) is 72.2 Å². The lowest BCUT2D eigenvalue weighted by atomic mass is 10.1. The van der Waals surface area contributed by atoms with Crippen LogP contribution in [0.3, 0.4) is 0 Å². The Labute approximate surface area is 198 Å². The Kier molecular flexibility index (Phi) is 7.14. The third kappa shape index (κ3) is 5.52. The molecule has 8 heteroatoms. The molecular formula is C24H20BrN5OS. The van der Waals surface area contributed by atoms with Crippen LogP contribution in [0, 0.1) is 6.92 Å². The molecule has 0 atom stereocenters. The van der Waals surface area contributed by atoms with Crippen molar-refractivity contribution in [1.29, 1.82) is 0 Å². The van der Waals surface area contributed by atoms with Gasteiger partial charge in [-0.05, 0) is 36.8 Å². The normalized spacial score (nSPS) is 11.1. The highest BCUT2D eigenvalue weighted by atomic mass is 79.9. The first-order valence-electron chi connectivity index (χ1n) is 9.88. The van der Waals surface area contributed by atoms with Gasteiger partial charge in [-0.15, -0.1) is 10.2 Å². The molecule has 1 heterocycles. The smallest absolute Gasteiger partial charge is 0.250 e. The van der Waals surface area contributed by atoms with Crippen molar-refractivity contribution in [3.8, 4) is 17.1 Å². The molecule has 0 aliphatic rings. The first-order chi connectivity index (χ1) is 15.6. The van der Waals surface area contributed by atoms with Gasteiger partial charge in [-0.1, -0.05) is 87.9 Å². The number of aromatic nitrogens is 3. The van der Waals surface area contributed by atoms with E-state index in [1.807, 2.05) is 90.4 Å². The Bertz CT molecular complexity index is 1240. The Hall–Kier alpha value is -3.23. The predicted molar refractivity (Wildman–Crippen MR) is 132 cm³/mol. The van der Waals surface area contributed by atoms with Gasteiger partial charge < -0.3 is 0 Å². The Morgan fingerprint density at radius 3 is 2.59 bits per heavy atom. The maximum absolute atomic E-state index is 12.3. The summed E-state index contributed by atoms with van der Waals surface area (Å²) < 4.78 is 2.92. The molecule has 0 aliphatic heterocycles. The standard InChI is InChI=1S/C24H20BrN5OS/c1-17-10-12-19(13-11-17)23-28-29-24(30(23)21-8-3-2-4-9-21)32-16-22(31)27-26-15-18-6-5-7-20(25)14-18/h2-15H,16H2,1H3,(H,27,31). The van der Waals surface area contributed by atoms with Crippen LogP contribution in [0.1, 0.15) is 11.1 Å². The fraction of sp³-hybridized carbons (Fsp3) is 0.0833. The van der Waals surface area contributed by atoms with Crippen molar-refractivity contribution >= 4 is 39.8 Å². The van der Waals surface area contributed by atoms with E-state index in [9.17, 15) is 4.79 Å². The van der Waals surface area contributed by atoms with E-state index >= 15 is 0 Å². The van der Waals surface area contributed by atoms with Crippen molar-refractivity contribution < 1.29 is 4.79 Å². The Balaban J connectivity index is 1.49.